The molecule has 0 saturated carbocycles. The van der Waals surface area contributed by atoms with E-state index in [9.17, 15) is 18.0 Å². The van der Waals surface area contributed by atoms with Crippen LogP contribution < -0.4 is 32.6 Å². The first-order valence-electron chi connectivity index (χ1n) is 12.4. The summed E-state index contributed by atoms with van der Waals surface area (Å²) in [5.74, 6) is -0.912. The van der Waals surface area contributed by atoms with Gasteiger partial charge >= 0.3 is 18.0 Å². The number of nitrogens with two attached hydrogens (primary N) is 1. The van der Waals surface area contributed by atoms with Crippen LogP contribution in [0.3, 0.4) is 0 Å². The molecule has 0 atom stereocenters. The van der Waals surface area contributed by atoms with Crippen molar-refractivity contribution in [3.63, 3.8) is 0 Å². The van der Waals surface area contributed by atoms with Crippen LogP contribution in [0.25, 0.3) is 0 Å². The fourth-order valence-electron chi connectivity index (χ4n) is 3.61. The topological polar surface area (TPSA) is 106 Å². The Hall–Kier alpha value is -2.44. The van der Waals surface area contributed by atoms with Gasteiger partial charge in [0, 0.05) is 18.2 Å². The second-order valence-electron chi connectivity index (χ2n) is 8.55. The number of nitrogens with one attached hydrogen (secondary N) is 1. The van der Waals surface area contributed by atoms with Gasteiger partial charge in [-0.3, -0.25) is 4.79 Å². The zero-order valence-electron chi connectivity index (χ0n) is 21.1. The van der Waals surface area contributed by atoms with E-state index in [4.69, 9.17) is 5.73 Å². The maximum absolute atomic E-state index is 12.4. The number of carbonyl (C=O) groups excluding carboxylic acids is 1. The number of anilines is 1. The molecule has 2 aromatic heterocycles. The van der Waals surface area contributed by atoms with Crippen LogP contribution in [0, 0.1) is 0 Å². The van der Waals surface area contributed by atoms with E-state index in [-0.39, 0.29) is 23.5 Å². The molecule has 204 valence electrons. The summed E-state index contributed by atoms with van der Waals surface area (Å²) in [4.78, 5) is 11.0. The highest BCUT2D eigenvalue weighted by molar-refractivity contribution is 5.81. The smallest absolute Gasteiger partial charge is 0.471 e. The Kier molecular flexibility index (Phi) is 14.3. The molecular formula is C23H38BrF3N8O. The van der Waals surface area contributed by atoms with Gasteiger partial charge in [-0.05, 0) is 19.3 Å². The second-order valence-corrected chi connectivity index (χ2v) is 8.55. The van der Waals surface area contributed by atoms with Crippen LogP contribution in [0.15, 0.2) is 28.8 Å². The summed E-state index contributed by atoms with van der Waals surface area (Å²) >= 11 is 0. The number of rotatable bonds is 16. The maximum atomic E-state index is 12.4. The molecule has 0 aliphatic carbocycles. The van der Waals surface area contributed by atoms with Crippen LogP contribution >= 0.6 is 0 Å². The van der Waals surface area contributed by atoms with Crippen molar-refractivity contribution in [3.8, 4) is 0 Å². The van der Waals surface area contributed by atoms with Crippen molar-refractivity contribution in [3.05, 3.63) is 18.6 Å². The van der Waals surface area contributed by atoms with Gasteiger partial charge in [-0.1, -0.05) is 57.5 Å². The molecular weight excluding hydrogens is 541 g/mol. The number of aromatic nitrogens is 4. The van der Waals surface area contributed by atoms with Crippen LogP contribution in [0.4, 0.5) is 30.6 Å². The van der Waals surface area contributed by atoms with Gasteiger partial charge < -0.3 is 28.0 Å². The number of nitrogen functional groups attached to an aromatic ring is 1. The van der Waals surface area contributed by atoms with Crippen LogP contribution in [0.1, 0.15) is 71.6 Å². The fraction of sp³-hybridized carbons (Fsp3) is 0.696. The molecule has 0 saturated heterocycles. The lowest BCUT2D eigenvalue weighted by Crippen LogP contribution is -3.00. The van der Waals surface area contributed by atoms with Gasteiger partial charge in [0.2, 0.25) is 0 Å². The number of carbonyl (C=O) groups is 1. The molecule has 36 heavy (non-hydrogen) atoms. The van der Waals surface area contributed by atoms with Gasteiger partial charge in [0.25, 0.3) is 0 Å². The Morgan fingerprint density at radius 2 is 1.75 bits per heavy atom. The van der Waals surface area contributed by atoms with Crippen LogP contribution in [-0.4, -0.2) is 33.0 Å². The number of halogens is 4. The number of alkyl halides is 3. The van der Waals surface area contributed by atoms with Crippen LogP contribution in [-0.2, 0) is 24.4 Å². The first-order chi connectivity index (χ1) is 16.8. The summed E-state index contributed by atoms with van der Waals surface area (Å²) in [6.45, 7) is 6.06. The van der Waals surface area contributed by atoms with E-state index in [0.29, 0.717) is 30.4 Å². The van der Waals surface area contributed by atoms with E-state index in [1.54, 1.807) is 10.9 Å². The zero-order valence-corrected chi connectivity index (χ0v) is 22.7. The monoisotopic (exact) mass is 578 g/mol. The number of hydrogen-bond acceptors (Lipinski definition) is 5. The number of amides is 1. The maximum Gasteiger partial charge on any atom is 0.471 e. The van der Waals surface area contributed by atoms with Gasteiger partial charge in [-0.25, -0.2) is 13.8 Å². The molecule has 0 aromatic carbocycles. The minimum Gasteiger partial charge on any atom is -1.00 e. The summed E-state index contributed by atoms with van der Waals surface area (Å²) < 4.78 is 42.6. The third-order valence-corrected chi connectivity index (χ3v) is 5.64. The van der Waals surface area contributed by atoms with Crippen molar-refractivity contribution >= 4 is 23.4 Å². The van der Waals surface area contributed by atoms with Gasteiger partial charge in [-0.2, -0.15) is 18.3 Å². The molecule has 2 rings (SSSR count). The number of nitrogens with zero attached hydrogens (tertiary/aromatic N) is 6. The molecule has 0 aliphatic heterocycles. The Bertz CT molecular complexity index is 942. The van der Waals surface area contributed by atoms with Crippen LogP contribution in [0.2, 0.25) is 0 Å². The molecule has 13 heteroatoms. The molecule has 2 aromatic rings. The Morgan fingerprint density at radius 1 is 1.06 bits per heavy atom. The quantitative estimate of drug-likeness (QED) is 0.181. The predicted molar refractivity (Wildman–Crippen MR) is 127 cm³/mol. The highest BCUT2D eigenvalue weighted by Crippen LogP contribution is 2.24. The second kappa shape index (κ2) is 16.3. The summed E-state index contributed by atoms with van der Waals surface area (Å²) in [5, 5.41) is 15.0. The number of imidazole rings is 1. The van der Waals surface area contributed by atoms with E-state index >= 15 is 0 Å². The van der Waals surface area contributed by atoms with Gasteiger partial charge in [-0.15, -0.1) is 0 Å². The predicted octanol–water partition coefficient (Wildman–Crippen LogP) is 2.20. The average Bonchev–Trinajstić information content (AvgIpc) is 3.37. The summed E-state index contributed by atoms with van der Waals surface area (Å²) in [7, 11) is 0. The van der Waals surface area contributed by atoms with E-state index in [1.807, 2.05) is 26.8 Å². The van der Waals surface area contributed by atoms with Crippen molar-refractivity contribution in [2.75, 3.05) is 12.3 Å². The minimum atomic E-state index is -4.88. The largest absolute Gasteiger partial charge is 1.00 e. The van der Waals surface area contributed by atoms with Gasteiger partial charge in [0.1, 0.15) is 0 Å². The van der Waals surface area contributed by atoms with Crippen LogP contribution in [0.5, 0.6) is 0 Å². The number of azo groups is 1. The highest BCUT2D eigenvalue weighted by atomic mass is 79.9. The Labute approximate surface area is 221 Å². The zero-order chi connectivity index (χ0) is 25.7. The molecule has 1 amide bonds. The average molecular weight is 580 g/mol. The van der Waals surface area contributed by atoms with E-state index in [1.165, 1.54) is 6.42 Å². The lowest BCUT2D eigenvalue weighted by atomic mass is 10.2. The molecule has 0 spiro atoms. The molecule has 0 fully saturated rings. The molecule has 0 bridgehead atoms. The van der Waals surface area contributed by atoms with Crippen molar-refractivity contribution in [1.29, 1.82) is 0 Å². The third-order valence-electron chi connectivity index (χ3n) is 5.64. The minimum absolute atomic E-state index is 0. The van der Waals surface area contributed by atoms with Crippen molar-refractivity contribution in [2.24, 2.45) is 10.2 Å². The van der Waals surface area contributed by atoms with E-state index < -0.39 is 12.1 Å². The normalized spacial score (nSPS) is 11.7. The first kappa shape index (κ1) is 31.6. The van der Waals surface area contributed by atoms with Crippen molar-refractivity contribution in [2.45, 2.75) is 97.4 Å². The SMILES string of the molecule is CCCCCCn1ncc(/N=N/c2n(CCCNC(=O)C(F)(F)F)cc[n+]2CCCCCC)c1N.[Br-]. The summed E-state index contributed by atoms with van der Waals surface area (Å²) in [5.41, 5.74) is 6.69. The van der Waals surface area contributed by atoms with E-state index in [2.05, 4.69) is 29.2 Å². The number of aryl methyl sites for hydroxylation is 3. The Morgan fingerprint density at radius 3 is 2.42 bits per heavy atom. The molecule has 0 aliphatic rings. The van der Waals surface area contributed by atoms with E-state index in [0.717, 1.165) is 58.0 Å². The van der Waals surface area contributed by atoms with Gasteiger partial charge in [0.05, 0.1) is 31.7 Å². The summed E-state index contributed by atoms with van der Waals surface area (Å²) in [6.07, 6.45) is 9.49. The van der Waals surface area contributed by atoms with Crippen molar-refractivity contribution < 1.29 is 39.5 Å². The van der Waals surface area contributed by atoms with Crippen molar-refractivity contribution in [1.82, 2.24) is 19.7 Å². The molecule has 0 unspecified atom stereocenters. The molecule has 0 radical (unpaired) electrons. The molecule has 9 nitrogen and oxygen atoms in total. The molecule has 3 N–H and O–H groups in total. The number of hydrogen-bond donors (Lipinski definition) is 2. The summed E-state index contributed by atoms with van der Waals surface area (Å²) in [6, 6.07) is 0. The lowest BCUT2D eigenvalue weighted by Gasteiger charge is -2.07. The Balaban J connectivity index is 0.00000648. The molecule has 2 heterocycles. The fourth-order valence-corrected chi connectivity index (χ4v) is 3.61. The first-order valence-corrected chi connectivity index (χ1v) is 12.4. The van der Waals surface area contributed by atoms with Gasteiger partial charge in [0.15, 0.2) is 11.5 Å². The third kappa shape index (κ3) is 10.3. The standard InChI is InChI=1S/C23H37F3N8O.BrH/c1-3-5-7-9-13-32-16-17-33(14-11-12-28-21(35)23(24,25)26)22(32)31-30-19-18-29-34(20(19)27)15-10-8-6-4-2;/h16-18,27H,3-15H2,1-2H3,(H,28,35);1H. The lowest BCUT2D eigenvalue weighted by molar-refractivity contribution is -0.684. The highest BCUT2D eigenvalue weighted by Gasteiger charge is 2.38. The number of unbranched alkanes of at least 4 members (excludes halogenated alkanes) is 6.